The van der Waals surface area contributed by atoms with Gasteiger partial charge in [0.05, 0.1) is 6.20 Å². The van der Waals surface area contributed by atoms with Crippen molar-refractivity contribution in [3.8, 4) is 11.1 Å². The van der Waals surface area contributed by atoms with E-state index in [0.717, 1.165) is 16.6 Å². The van der Waals surface area contributed by atoms with Gasteiger partial charge in [-0.15, -0.1) is 0 Å². The van der Waals surface area contributed by atoms with Gasteiger partial charge in [-0.2, -0.15) is 5.10 Å². The van der Waals surface area contributed by atoms with Gasteiger partial charge in [-0.3, -0.25) is 4.68 Å². The maximum atomic E-state index is 5.98. The molecule has 3 N–H and O–H groups in total. The molecule has 0 atom stereocenters. The normalized spacial score (nSPS) is 11.1. The molecule has 0 saturated heterocycles. The summed E-state index contributed by atoms with van der Waals surface area (Å²) in [6.45, 7) is 0. The summed E-state index contributed by atoms with van der Waals surface area (Å²) in [6.07, 6.45) is 3.73. The van der Waals surface area contributed by atoms with E-state index in [0.29, 0.717) is 5.82 Å². The fourth-order valence-electron chi connectivity index (χ4n) is 1.97. The van der Waals surface area contributed by atoms with E-state index in [9.17, 15) is 0 Å². The number of rotatable bonds is 1. The molecule has 3 aromatic rings. The quantitative estimate of drug-likeness (QED) is 0.649. The number of H-pyrrole nitrogens is 1. The van der Waals surface area contributed by atoms with Gasteiger partial charge in [-0.1, -0.05) is 12.1 Å². The zero-order valence-electron chi connectivity index (χ0n) is 8.94. The van der Waals surface area contributed by atoms with Crippen molar-refractivity contribution in [3.63, 3.8) is 0 Å². The van der Waals surface area contributed by atoms with E-state index in [2.05, 4.69) is 22.2 Å². The number of aromatic nitrogens is 3. The highest BCUT2D eigenvalue weighted by molar-refractivity contribution is 5.97. The van der Waals surface area contributed by atoms with Crippen LogP contribution in [0, 0.1) is 0 Å². The number of aryl methyl sites for hydroxylation is 1. The Bertz CT molecular complexity index is 648. The summed E-state index contributed by atoms with van der Waals surface area (Å²) in [6, 6.07) is 8.17. The predicted octanol–water partition coefficient (Wildman–Crippen LogP) is 2.15. The monoisotopic (exact) mass is 212 g/mol. The first kappa shape index (κ1) is 9.03. The van der Waals surface area contributed by atoms with E-state index < -0.39 is 0 Å². The lowest BCUT2D eigenvalue weighted by atomic mass is 10.0. The molecule has 0 bridgehead atoms. The summed E-state index contributed by atoms with van der Waals surface area (Å²) in [5, 5.41) is 5.33. The van der Waals surface area contributed by atoms with Crippen molar-refractivity contribution in [2.45, 2.75) is 0 Å². The summed E-state index contributed by atoms with van der Waals surface area (Å²) in [4.78, 5) is 3.19. The number of fused-ring (bicyclic) bond motifs is 1. The van der Waals surface area contributed by atoms with Gasteiger partial charge in [-0.05, 0) is 17.7 Å². The Morgan fingerprint density at radius 3 is 2.88 bits per heavy atom. The van der Waals surface area contributed by atoms with E-state index in [1.54, 1.807) is 10.9 Å². The van der Waals surface area contributed by atoms with Crippen molar-refractivity contribution < 1.29 is 0 Å². The molecule has 2 aromatic heterocycles. The van der Waals surface area contributed by atoms with Gasteiger partial charge in [0.2, 0.25) is 0 Å². The molecule has 0 radical (unpaired) electrons. The molecule has 80 valence electrons. The van der Waals surface area contributed by atoms with Crippen LogP contribution in [0.2, 0.25) is 0 Å². The molecule has 4 heteroatoms. The lowest BCUT2D eigenvalue weighted by molar-refractivity contribution is 0.779. The van der Waals surface area contributed by atoms with Crippen LogP contribution in [0.1, 0.15) is 0 Å². The molecular weight excluding hydrogens is 200 g/mol. The van der Waals surface area contributed by atoms with Crippen molar-refractivity contribution in [2.24, 2.45) is 7.05 Å². The molecule has 0 fully saturated rings. The van der Waals surface area contributed by atoms with Crippen molar-refractivity contribution >= 4 is 16.7 Å². The van der Waals surface area contributed by atoms with Gasteiger partial charge in [0.25, 0.3) is 0 Å². The highest BCUT2D eigenvalue weighted by Crippen LogP contribution is 2.31. The van der Waals surface area contributed by atoms with E-state index in [1.807, 2.05) is 25.4 Å². The lowest BCUT2D eigenvalue weighted by Crippen LogP contribution is -1.98. The fourth-order valence-corrected chi connectivity index (χ4v) is 1.97. The number of anilines is 1. The van der Waals surface area contributed by atoms with E-state index in [4.69, 9.17) is 5.73 Å². The number of benzene rings is 1. The molecule has 2 heterocycles. The first-order valence-electron chi connectivity index (χ1n) is 5.11. The Morgan fingerprint density at radius 2 is 2.12 bits per heavy atom. The van der Waals surface area contributed by atoms with Crippen molar-refractivity contribution in [1.29, 1.82) is 0 Å². The van der Waals surface area contributed by atoms with Gasteiger partial charge >= 0.3 is 0 Å². The molecule has 0 saturated carbocycles. The molecule has 1 aromatic carbocycles. The molecule has 3 rings (SSSR count). The third-order valence-corrected chi connectivity index (χ3v) is 2.87. The number of nitrogens with zero attached hydrogens (tertiary/aromatic N) is 2. The Labute approximate surface area is 92.7 Å². The summed E-state index contributed by atoms with van der Waals surface area (Å²) < 4.78 is 1.68. The molecule has 0 amide bonds. The largest absolute Gasteiger partial charge is 0.383 e. The average Bonchev–Trinajstić information content (AvgIpc) is 2.87. The number of nitrogens with one attached hydrogen (secondary N) is 1. The first-order valence-corrected chi connectivity index (χ1v) is 5.11. The summed E-state index contributed by atoms with van der Waals surface area (Å²) >= 11 is 0. The lowest BCUT2D eigenvalue weighted by Gasteiger charge is -2.02. The number of aromatic amines is 1. The Balaban J connectivity index is 2.33. The molecule has 16 heavy (non-hydrogen) atoms. The topological polar surface area (TPSA) is 59.6 Å². The van der Waals surface area contributed by atoms with Crippen LogP contribution in [0.3, 0.4) is 0 Å². The third kappa shape index (κ3) is 1.13. The van der Waals surface area contributed by atoms with Crippen LogP contribution in [-0.2, 0) is 7.05 Å². The maximum absolute atomic E-state index is 5.98. The van der Waals surface area contributed by atoms with Gasteiger partial charge in [-0.25, -0.2) is 0 Å². The molecule has 0 aliphatic heterocycles. The van der Waals surface area contributed by atoms with Crippen LogP contribution in [-0.4, -0.2) is 14.8 Å². The van der Waals surface area contributed by atoms with Gasteiger partial charge in [0.1, 0.15) is 5.82 Å². The number of hydrogen-bond donors (Lipinski definition) is 2. The second kappa shape index (κ2) is 3.13. The van der Waals surface area contributed by atoms with Crippen LogP contribution < -0.4 is 5.73 Å². The zero-order valence-corrected chi connectivity index (χ0v) is 8.94. The molecule has 4 nitrogen and oxygen atoms in total. The zero-order chi connectivity index (χ0) is 11.1. The Kier molecular flexibility index (Phi) is 1.77. The summed E-state index contributed by atoms with van der Waals surface area (Å²) in [5.74, 6) is 0.689. The van der Waals surface area contributed by atoms with E-state index >= 15 is 0 Å². The SMILES string of the molecule is Cn1ncc(-c2cccc3[nH]ccc23)c1N. The summed E-state index contributed by atoms with van der Waals surface area (Å²) in [7, 11) is 1.84. The van der Waals surface area contributed by atoms with Gasteiger partial charge in [0.15, 0.2) is 0 Å². The molecule has 0 spiro atoms. The van der Waals surface area contributed by atoms with E-state index in [-0.39, 0.29) is 0 Å². The van der Waals surface area contributed by atoms with Crippen molar-refractivity contribution in [1.82, 2.24) is 14.8 Å². The van der Waals surface area contributed by atoms with Gasteiger partial charge < -0.3 is 10.7 Å². The summed E-state index contributed by atoms with van der Waals surface area (Å²) in [5.41, 5.74) is 9.19. The van der Waals surface area contributed by atoms with Crippen molar-refractivity contribution in [3.05, 3.63) is 36.7 Å². The van der Waals surface area contributed by atoms with Crippen LogP contribution in [0.5, 0.6) is 0 Å². The molecule has 0 aliphatic carbocycles. The fraction of sp³-hybridized carbons (Fsp3) is 0.0833. The van der Waals surface area contributed by atoms with Crippen LogP contribution >= 0.6 is 0 Å². The standard InChI is InChI=1S/C12H12N4/c1-16-12(13)10(7-15-16)8-3-2-4-11-9(8)5-6-14-11/h2-7,14H,13H2,1H3. The van der Waals surface area contributed by atoms with Crippen LogP contribution in [0.15, 0.2) is 36.7 Å². The molecule has 0 aliphatic rings. The first-order chi connectivity index (χ1) is 7.77. The van der Waals surface area contributed by atoms with Gasteiger partial charge in [0, 0.05) is 29.7 Å². The minimum absolute atomic E-state index is 0.689. The number of nitrogens with two attached hydrogens (primary N) is 1. The minimum atomic E-state index is 0.689. The second-order valence-electron chi connectivity index (χ2n) is 3.81. The van der Waals surface area contributed by atoms with Crippen LogP contribution in [0.25, 0.3) is 22.0 Å². The Morgan fingerprint density at radius 1 is 1.25 bits per heavy atom. The average molecular weight is 212 g/mol. The third-order valence-electron chi connectivity index (χ3n) is 2.87. The number of nitrogen functional groups attached to an aromatic ring is 1. The minimum Gasteiger partial charge on any atom is -0.383 e. The smallest absolute Gasteiger partial charge is 0.129 e. The van der Waals surface area contributed by atoms with E-state index in [1.165, 1.54) is 5.39 Å². The maximum Gasteiger partial charge on any atom is 0.129 e. The Hall–Kier alpha value is -2.23. The molecular formula is C12H12N4. The van der Waals surface area contributed by atoms with Crippen molar-refractivity contribution in [2.75, 3.05) is 5.73 Å². The number of hydrogen-bond acceptors (Lipinski definition) is 2. The highest BCUT2D eigenvalue weighted by Gasteiger charge is 2.10. The van der Waals surface area contributed by atoms with Crippen LogP contribution in [0.4, 0.5) is 5.82 Å². The second-order valence-corrected chi connectivity index (χ2v) is 3.81. The predicted molar refractivity (Wildman–Crippen MR) is 64.9 cm³/mol. The molecule has 0 unspecified atom stereocenters. The highest BCUT2D eigenvalue weighted by atomic mass is 15.3.